The van der Waals surface area contributed by atoms with Crippen LogP contribution < -0.4 is 20.3 Å². The van der Waals surface area contributed by atoms with Gasteiger partial charge in [0.25, 0.3) is 5.56 Å². The van der Waals surface area contributed by atoms with Crippen LogP contribution in [-0.4, -0.2) is 22.2 Å². The van der Waals surface area contributed by atoms with Crippen molar-refractivity contribution in [3.8, 4) is 11.5 Å². The minimum absolute atomic E-state index is 0.364. The van der Waals surface area contributed by atoms with Crippen molar-refractivity contribution in [2.45, 2.75) is 19.4 Å². The van der Waals surface area contributed by atoms with E-state index in [1.54, 1.807) is 67.6 Å². The number of nitrogens with zero attached hydrogens (tertiary/aromatic N) is 1. The van der Waals surface area contributed by atoms with Crippen molar-refractivity contribution in [3.05, 3.63) is 105 Å². The Bertz CT molecular complexity index is 1210. The van der Waals surface area contributed by atoms with Gasteiger partial charge >= 0.3 is 13.3 Å². The second-order valence-corrected chi connectivity index (χ2v) is 8.82. The van der Waals surface area contributed by atoms with Crippen LogP contribution in [0.1, 0.15) is 11.8 Å². The minimum Gasteiger partial charge on any atom is -0.415 e. The van der Waals surface area contributed by atoms with Gasteiger partial charge in [0, 0.05) is 11.8 Å². The Hall–Kier alpha value is -3.39. The van der Waals surface area contributed by atoms with Crippen molar-refractivity contribution >= 4 is 7.60 Å². The molecule has 0 bridgehead atoms. The van der Waals surface area contributed by atoms with E-state index in [1.165, 1.54) is 10.8 Å². The lowest BCUT2D eigenvalue weighted by atomic mass is 10.3. The van der Waals surface area contributed by atoms with Crippen molar-refractivity contribution in [2.24, 2.45) is 0 Å². The van der Waals surface area contributed by atoms with E-state index < -0.39 is 37.7 Å². The zero-order valence-corrected chi connectivity index (χ0v) is 18.0. The summed E-state index contributed by atoms with van der Waals surface area (Å²) in [5.74, 6) is 0.734. The molecular formula is C22H21N2O7P. The molecule has 0 amide bonds. The molecule has 0 fully saturated rings. The van der Waals surface area contributed by atoms with Gasteiger partial charge in [0.15, 0.2) is 18.9 Å². The molecule has 1 aliphatic heterocycles. The van der Waals surface area contributed by atoms with Gasteiger partial charge in [-0.1, -0.05) is 36.4 Å². The molecular weight excluding hydrogens is 435 g/mol. The highest BCUT2D eigenvalue weighted by Gasteiger charge is 2.32. The summed E-state index contributed by atoms with van der Waals surface area (Å²) in [6.07, 6.45) is 2.50. The third-order valence-corrected chi connectivity index (χ3v) is 5.94. The maximum atomic E-state index is 13.5. The van der Waals surface area contributed by atoms with E-state index in [4.69, 9.17) is 18.5 Å². The molecule has 9 nitrogen and oxygen atoms in total. The number of nitrogens with one attached hydrogen (secondary N) is 1. The summed E-state index contributed by atoms with van der Waals surface area (Å²) in [5, 5.41) is 0. The monoisotopic (exact) mass is 456 g/mol. The lowest BCUT2D eigenvalue weighted by Crippen LogP contribution is -2.33. The van der Waals surface area contributed by atoms with Gasteiger partial charge in [-0.05, 0) is 43.3 Å². The third-order valence-electron chi connectivity index (χ3n) is 4.50. The van der Waals surface area contributed by atoms with Crippen molar-refractivity contribution in [1.29, 1.82) is 0 Å². The van der Waals surface area contributed by atoms with Gasteiger partial charge in [-0.25, -0.2) is 9.36 Å². The second kappa shape index (κ2) is 9.40. The van der Waals surface area contributed by atoms with Gasteiger partial charge in [0.1, 0.15) is 11.5 Å². The van der Waals surface area contributed by atoms with Crippen LogP contribution >= 0.6 is 7.60 Å². The predicted octanol–water partition coefficient (Wildman–Crippen LogP) is 3.58. The van der Waals surface area contributed by atoms with Crippen LogP contribution in [0.3, 0.4) is 0 Å². The molecule has 0 saturated heterocycles. The Balaban J connectivity index is 1.46. The number of aromatic nitrogens is 2. The normalized spacial score (nSPS) is 17.9. The molecule has 0 unspecified atom stereocenters. The van der Waals surface area contributed by atoms with Crippen LogP contribution in [0, 0.1) is 6.92 Å². The number of para-hydroxylation sites is 2. The number of ether oxygens (including phenoxy) is 2. The quantitative estimate of drug-likeness (QED) is 0.408. The molecule has 32 heavy (non-hydrogen) atoms. The number of aryl methyl sites for hydroxylation is 1. The van der Waals surface area contributed by atoms with Crippen LogP contribution in [0.5, 0.6) is 11.5 Å². The zero-order valence-electron chi connectivity index (χ0n) is 17.1. The van der Waals surface area contributed by atoms with Crippen LogP contribution in [-0.2, 0) is 14.0 Å². The minimum atomic E-state index is -3.78. The SMILES string of the molecule is Cc1cn([C@H]2C=C[C@@H](OCP(=O)(Oc3ccccc3)Oc3ccccc3)O2)c(=O)[nH]c1=O. The molecule has 4 rings (SSSR count). The topological polar surface area (TPSA) is 109 Å². The fourth-order valence-electron chi connectivity index (χ4n) is 2.96. The third kappa shape index (κ3) is 5.26. The van der Waals surface area contributed by atoms with Crippen LogP contribution in [0.25, 0.3) is 0 Å². The summed E-state index contributed by atoms with van der Waals surface area (Å²) >= 11 is 0. The summed E-state index contributed by atoms with van der Waals surface area (Å²) in [6, 6.07) is 17.3. The van der Waals surface area contributed by atoms with Gasteiger partial charge in [-0.2, -0.15) is 0 Å². The Kier molecular flexibility index (Phi) is 6.41. The van der Waals surface area contributed by atoms with Gasteiger partial charge in [-0.3, -0.25) is 14.3 Å². The highest BCUT2D eigenvalue weighted by molar-refractivity contribution is 7.54. The second-order valence-electron chi connectivity index (χ2n) is 6.97. The highest BCUT2D eigenvalue weighted by atomic mass is 31.2. The van der Waals surface area contributed by atoms with Gasteiger partial charge in [0.05, 0.1) is 0 Å². The fourth-order valence-corrected chi connectivity index (χ4v) is 4.32. The summed E-state index contributed by atoms with van der Waals surface area (Å²) in [6.45, 7) is 1.58. The number of hydrogen-bond donors (Lipinski definition) is 1. The molecule has 3 aromatic rings. The van der Waals surface area contributed by atoms with Crippen LogP contribution in [0.15, 0.2) is 88.6 Å². The molecule has 2 heterocycles. The number of aromatic amines is 1. The standard InChI is InChI=1S/C22H21N2O7P/c1-16-14-24(22(26)23-21(16)25)19-12-13-20(29-19)28-15-32(27,30-17-8-4-2-5-9-17)31-18-10-6-3-7-11-18/h2-14,19-20H,15H2,1H3,(H,23,25,26)/t19-,20+/m1/s1. The van der Waals surface area contributed by atoms with E-state index in [-0.39, 0.29) is 0 Å². The van der Waals surface area contributed by atoms with Gasteiger partial charge in [-0.15, -0.1) is 0 Å². The molecule has 0 aliphatic carbocycles. The molecule has 166 valence electrons. The Morgan fingerprint density at radius 2 is 1.56 bits per heavy atom. The van der Waals surface area contributed by atoms with Crippen molar-refractivity contribution in [3.63, 3.8) is 0 Å². The summed E-state index contributed by atoms with van der Waals surface area (Å²) < 4.78 is 37.3. The summed E-state index contributed by atoms with van der Waals surface area (Å²) in [5.41, 5.74) is -0.706. The van der Waals surface area contributed by atoms with E-state index in [2.05, 4.69) is 4.98 Å². The number of H-pyrrole nitrogens is 1. The fraction of sp³-hybridized carbons (Fsp3) is 0.182. The van der Waals surface area contributed by atoms with E-state index in [0.29, 0.717) is 17.1 Å². The van der Waals surface area contributed by atoms with Gasteiger partial charge in [0.2, 0.25) is 0 Å². The molecule has 10 heteroatoms. The average molecular weight is 456 g/mol. The predicted molar refractivity (Wildman–Crippen MR) is 117 cm³/mol. The molecule has 0 spiro atoms. The maximum Gasteiger partial charge on any atom is 0.456 e. The zero-order chi connectivity index (χ0) is 22.6. The van der Waals surface area contributed by atoms with Crippen molar-refractivity contribution in [1.82, 2.24) is 9.55 Å². The lowest BCUT2D eigenvalue weighted by molar-refractivity contribution is -0.127. The van der Waals surface area contributed by atoms with Crippen molar-refractivity contribution in [2.75, 3.05) is 6.35 Å². The summed E-state index contributed by atoms with van der Waals surface area (Å²) in [7, 11) is -3.78. The van der Waals surface area contributed by atoms with Gasteiger partial charge < -0.3 is 18.5 Å². The molecule has 0 radical (unpaired) electrons. The Morgan fingerprint density at radius 3 is 2.16 bits per heavy atom. The van der Waals surface area contributed by atoms with Crippen molar-refractivity contribution < 1.29 is 23.1 Å². The Morgan fingerprint density at radius 1 is 0.969 bits per heavy atom. The molecule has 1 aromatic heterocycles. The maximum absolute atomic E-state index is 13.5. The van der Waals surface area contributed by atoms with E-state index in [0.717, 1.165) is 0 Å². The highest BCUT2D eigenvalue weighted by Crippen LogP contribution is 2.49. The molecule has 1 N–H and O–H groups in total. The first-order chi connectivity index (χ1) is 15.4. The molecule has 2 atom stereocenters. The lowest BCUT2D eigenvalue weighted by Gasteiger charge is -2.22. The van der Waals surface area contributed by atoms with E-state index in [1.807, 2.05) is 12.1 Å². The first-order valence-electron chi connectivity index (χ1n) is 9.78. The van der Waals surface area contributed by atoms with Crippen LogP contribution in [0.2, 0.25) is 0 Å². The van der Waals surface area contributed by atoms with E-state index in [9.17, 15) is 14.2 Å². The number of hydrogen-bond acceptors (Lipinski definition) is 7. The van der Waals surface area contributed by atoms with E-state index >= 15 is 0 Å². The number of rotatable bonds is 8. The number of benzene rings is 2. The molecule has 0 saturated carbocycles. The summed E-state index contributed by atoms with van der Waals surface area (Å²) in [4.78, 5) is 25.9. The largest absolute Gasteiger partial charge is 0.456 e. The smallest absolute Gasteiger partial charge is 0.415 e. The average Bonchev–Trinajstić information content (AvgIpc) is 3.25. The first kappa shape index (κ1) is 21.8. The molecule has 2 aromatic carbocycles. The molecule has 1 aliphatic rings. The first-order valence-corrected chi connectivity index (χ1v) is 11.5. The Labute approximate surface area is 183 Å². The van der Waals surface area contributed by atoms with Crippen LogP contribution in [0.4, 0.5) is 0 Å².